The molecule has 1 N–H and O–H groups in total. The molecule has 0 aliphatic carbocycles. The fourth-order valence-corrected chi connectivity index (χ4v) is 4.06. The SMILES string of the molecule is CC(C)(C[C@@](O)(CSS)C(F)(F)F)c1cc(F)cc2c1OCC2. The first kappa shape index (κ1) is 18.7. The van der Waals surface area contributed by atoms with Crippen molar-refractivity contribution < 1.29 is 27.4 Å². The van der Waals surface area contributed by atoms with Gasteiger partial charge in [-0.2, -0.15) is 13.2 Å². The van der Waals surface area contributed by atoms with Gasteiger partial charge >= 0.3 is 6.18 Å². The second kappa shape index (κ2) is 6.37. The molecule has 0 saturated carbocycles. The number of aliphatic hydroxyl groups is 1. The van der Waals surface area contributed by atoms with Gasteiger partial charge < -0.3 is 9.84 Å². The number of thiol groups is 1. The van der Waals surface area contributed by atoms with E-state index >= 15 is 0 Å². The number of rotatable bonds is 5. The Morgan fingerprint density at radius 2 is 1.96 bits per heavy atom. The Bertz CT molecular complexity index is 590. The molecule has 2 nitrogen and oxygen atoms in total. The van der Waals surface area contributed by atoms with Crippen molar-refractivity contribution in [1.29, 1.82) is 0 Å². The van der Waals surface area contributed by atoms with Crippen molar-refractivity contribution in [2.75, 3.05) is 12.4 Å². The summed E-state index contributed by atoms with van der Waals surface area (Å²) in [5.74, 6) is -0.697. The summed E-state index contributed by atoms with van der Waals surface area (Å²) < 4.78 is 59.2. The van der Waals surface area contributed by atoms with Crippen LogP contribution in [-0.2, 0) is 11.8 Å². The van der Waals surface area contributed by atoms with Crippen molar-refractivity contribution in [3.63, 3.8) is 0 Å². The van der Waals surface area contributed by atoms with Crippen molar-refractivity contribution in [3.8, 4) is 5.75 Å². The number of halogens is 4. The Kier molecular flexibility index (Phi) is 5.19. The van der Waals surface area contributed by atoms with E-state index in [2.05, 4.69) is 11.7 Å². The van der Waals surface area contributed by atoms with Crippen molar-refractivity contribution in [1.82, 2.24) is 0 Å². The fourth-order valence-electron chi connectivity index (χ4n) is 2.94. The summed E-state index contributed by atoms with van der Waals surface area (Å²) in [6, 6.07) is 2.52. The topological polar surface area (TPSA) is 29.5 Å². The summed E-state index contributed by atoms with van der Waals surface area (Å²) in [4.78, 5) is 0. The van der Waals surface area contributed by atoms with E-state index in [-0.39, 0.29) is 0 Å². The molecule has 0 amide bonds. The summed E-state index contributed by atoms with van der Waals surface area (Å²) in [5.41, 5.74) is -3.06. The maximum absolute atomic E-state index is 13.8. The quantitative estimate of drug-likeness (QED) is 0.460. The molecule has 2 rings (SSSR count). The Morgan fingerprint density at radius 3 is 2.52 bits per heavy atom. The first-order chi connectivity index (χ1) is 10.5. The number of benzene rings is 1. The summed E-state index contributed by atoms with van der Waals surface area (Å²) in [5, 5.41) is 10.1. The first-order valence-electron chi connectivity index (χ1n) is 7.01. The number of ether oxygens (including phenoxy) is 1. The maximum atomic E-state index is 13.8. The highest BCUT2D eigenvalue weighted by molar-refractivity contribution is 8.68. The molecule has 0 saturated heterocycles. The van der Waals surface area contributed by atoms with Crippen molar-refractivity contribution in [2.24, 2.45) is 0 Å². The third-order valence-corrected chi connectivity index (χ3v) is 5.04. The number of hydrogen-bond donors (Lipinski definition) is 2. The molecule has 0 unspecified atom stereocenters. The Labute approximate surface area is 141 Å². The van der Waals surface area contributed by atoms with Gasteiger partial charge in [-0.1, -0.05) is 24.6 Å². The zero-order chi connectivity index (χ0) is 17.5. The molecule has 0 bridgehead atoms. The Balaban J connectivity index is 2.42. The lowest BCUT2D eigenvalue weighted by atomic mass is 9.74. The van der Waals surface area contributed by atoms with Crippen LogP contribution in [0.3, 0.4) is 0 Å². The second-order valence-corrected chi connectivity index (χ2v) is 7.72. The third kappa shape index (κ3) is 3.74. The largest absolute Gasteiger partial charge is 0.493 e. The molecule has 0 radical (unpaired) electrons. The number of hydrogen-bond acceptors (Lipinski definition) is 4. The lowest BCUT2D eigenvalue weighted by molar-refractivity contribution is -0.256. The summed E-state index contributed by atoms with van der Waals surface area (Å²) in [7, 11) is 0.619. The molecule has 1 aromatic rings. The molecular formula is C15H18F4O2S2. The number of alkyl halides is 3. The van der Waals surface area contributed by atoms with E-state index in [9.17, 15) is 22.7 Å². The van der Waals surface area contributed by atoms with Crippen LogP contribution in [0.1, 0.15) is 31.4 Å². The summed E-state index contributed by atoms with van der Waals surface area (Å²) >= 11 is 3.74. The van der Waals surface area contributed by atoms with E-state index in [4.69, 9.17) is 4.74 Å². The van der Waals surface area contributed by atoms with Gasteiger partial charge in [0, 0.05) is 23.3 Å². The minimum atomic E-state index is -4.81. The van der Waals surface area contributed by atoms with Gasteiger partial charge in [-0.3, -0.25) is 0 Å². The highest BCUT2D eigenvalue weighted by atomic mass is 33.1. The van der Waals surface area contributed by atoms with E-state index in [1.807, 2.05) is 0 Å². The third-order valence-electron chi connectivity index (χ3n) is 4.04. The van der Waals surface area contributed by atoms with Crippen molar-refractivity contribution >= 4 is 22.5 Å². The highest BCUT2D eigenvalue weighted by Gasteiger charge is 2.56. The van der Waals surface area contributed by atoms with Crippen LogP contribution >= 0.6 is 22.5 Å². The molecule has 1 atom stereocenters. The predicted octanol–water partition coefficient (Wildman–Crippen LogP) is 4.30. The molecule has 1 heterocycles. The zero-order valence-electron chi connectivity index (χ0n) is 12.7. The second-order valence-electron chi connectivity index (χ2n) is 6.40. The van der Waals surface area contributed by atoms with Crippen LogP contribution in [0.25, 0.3) is 0 Å². The first-order valence-corrected chi connectivity index (χ1v) is 9.05. The molecular weight excluding hydrogens is 352 g/mol. The average Bonchev–Trinajstić information content (AvgIpc) is 2.83. The molecule has 8 heteroatoms. The summed E-state index contributed by atoms with van der Waals surface area (Å²) in [6.45, 7) is 3.46. The zero-order valence-corrected chi connectivity index (χ0v) is 14.4. The monoisotopic (exact) mass is 370 g/mol. The van der Waals surface area contributed by atoms with Crippen LogP contribution < -0.4 is 4.74 Å². The van der Waals surface area contributed by atoms with Crippen LogP contribution in [0, 0.1) is 5.82 Å². The van der Waals surface area contributed by atoms with Gasteiger partial charge in [-0.25, -0.2) is 4.39 Å². The lowest BCUT2D eigenvalue weighted by Gasteiger charge is -2.37. The molecule has 130 valence electrons. The Morgan fingerprint density at radius 1 is 1.30 bits per heavy atom. The normalized spacial score (nSPS) is 17.6. The molecule has 1 aliphatic rings. The molecule has 1 aliphatic heterocycles. The minimum Gasteiger partial charge on any atom is -0.493 e. The van der Waals surface area contributed by atoms with Crippen LogP contribution in [0.5, 0.6) is 5.75 Å². The van der Waals surface area contributed by atoms with E-state index in [0.29, 0.717) is 40.7 Å². The smallest absolute Gasteiger partial charge is 0.418 e. The van der Waals surface area contributed by atoms with Crippen LogP contribution in [0.4, 0.5) is 17.6 Å². The van der Waals surface area contributed by atoms with Gasteiger partial charge in [-0.05, 0) is 24.0 Å². The van der Waals surface area contributed by atoms with E-state index in [1.165, 1.54) is 12.1 Å². The molecule has 0 spiro atoms. The van der Waals surface area contributed by atoms with Gasteiger partial charge in [0.05, 0.1) is 6.61 Å². The van der Waals surface area contributed by atoms with Crippen molar-refractivity contribution in [2.45, 2.75) is 43.9 Å². The van der Waals surface area contributed by atoms with Crippen LogP contribution in [-0.4, -0.2) is 29.2 Å². The van der Waals surface area contributed by atoms with Crippen LogP contribution in [0.15, 0.2) is 12.1 Å². The van der Waals surface area contributed by atoms with Crippen LogP contribution in [0.2, 0.25) is 0 Å². The van der Waals surface area contributed by atoms with E-state index < -0.39 is 35.2 Å². The van der Waals surface area contributed by atoms with Gasteiger partial charge in [-0.15, -0.1) is 11.7 Å². The maximum Gasteiger partial charge on any atom is 0.418 e. The number of fused-ring (bicyclic) bond motifs is 1. The van der Waals surface area contributed by atoms with Gasteiger partial charge in [0.1, 0.15) is 11.6 Å². The van der Waals surface area contributed by atoms with Crippen molar-refractivity contribution in [3.05, 3.63) is 29.1 Å². The standard InChI is InChI=1S/C15H18F4O2S2/c1-13(2,7-14(20,8-23-22)15(17,18)19)11-6-10(16)5-9-3-4-21-12(9)11/h5-6,20,22H,3-4,7-8H2,1-2H3/t14-/m1/s1. The lowest BCUT2D eigenvalue weighted by Crippen LogP contribution is -2.51. The molecule has 23 heavy (non-hydrogen) atoms. The average molecular weight is 370 g/mol. The van der Waals surface area contributed by atoms with Gasteiger partial charge in [0.15, 0.2) is 5.60 Å². The summed E-state index contributed by atoms with van der Waals surface area (Å²) in [6.07, 6.45) is -4.90. The van der Waals surface area contributed by atoms with Gasteiger partial charge in [0.2, 0.25) is 0 Å². The molecule has 0 fully saturated rings. The van der Waals surface area contributed by atoms with E-state index in [1.54, 1.807) is 13.8 Å². The van der Waals surface area contributed by atoms with E-state index in [0.717, 1.165) is 0 Å². The fraction of sp³-hybridized carbons (Fsp3) is 0.600. The molecule has 1 aromatic carbocycles. The molecule has 0 aromatic heterocycles. The predicted molar refractivity (Wildman–Crippen MR) is 85.7 cm³/mol. The minimum absolute atomic E-state index is 0.344. The highest BCUT2D eigenvalue weighted by Crippen LogP contribution is 2.46. The Hall–Kier alpha value is -0.600. The van der Waals surface area contributed by atoms with Gasteiger partial charge in [0.25, 0.3) is 0 Å².